The topological polar surface area (TPSA) is 71.1 Å². The summed E-state index contributed by atoms with van der Waals surface area (Å²) in [4.78, 5) is 30.3. The van der Waals surface area contributed by atoms with E-state index in [1.165, 1.54) is 0 Å². The fourth-order valence-corrected chi connectivity index (χ4v) is 4.37. The third kappa shape index (κ3) is 5.74. The number of benzene rings is 1. The molecule has 2 rings (SSSR count). The molecule has 0 aromatic heterocycles. The molecule has 1 aromatic carbocycles. The number of carbonyl (C=O) groups excluding carboxylic acids is 2. The van der Waals surface area contributed by atoms with E-state index in [9.17, 15) is 9.59 Å². The summed E-state index contributed by atoms with van der Waals surface area (Å²) in [6.07, 6.45) is 2.42. The van der Waals surface area contributed by atoms with Gasteiger partial charge in [0, 0.05) is 44.5 Å². The Labute approximate surface area is 197 Å². The molecule has 0 spiro atoms. The number of methoxy groups -OCH3 is 1. The highest BCUT2D eigenvalue weighted by molar-refractivity contribution is 6.33. The second kappa shape index (κ2) is 11.3. The zero-order valence-corrected chi connectivity index (χ0v) is 21.2. The Hall–Kier alpha value is -1.83. The molecular weight excluding hydrogens is 430 g/mol. The Bertz CT molecular complexity index is 813. The normalized spacial score (nSPS) is 16.0. The lowest BCUT2D eigenvalue weighted by Gasteiger charge is -2.40. The first-order valence-electron chi connectivity index (χ1n) is 11.4. The summed E-state index contributed by atoms with van der Waals surface area (Å²) in [5.74, 6) is 0.187. The molecule has 0 radical (unpaired) electrons. The van der Waals surface area contributed by atoms with E-state index in [0.29, 0.717) is 41.7 Å². The van der Waals surface area contributed by atoms with Gasteiger partial charge in [-0.2, -0.15) is 0 Å². The van der Waals surface area contributed by atoms with Crippen molar-refractivity contribution >= 4 is 29.1 Å². The van der Waals surface area contributed by atoms with Crippen molar-refractivity contribution < 1.29 is 19.1 Å². The molecule has 8 heteroatoms. The highest BCUT2D eigenvalue weighted by Crippen LogP contribution is 2.44. The lowest BCUT2D eigenvalue weighted by molar-refractivity contribution is -0.132. The van der Waals surface area contributed by atoms with Gasteiger partial charge in [-0.15, -0.1) is 0 Å². The van der Waals surface area contributed by atoms with Gasteiger partial charge in [0.15, 0.2) is 11.4 Å². The van der Waals surface area contributed by atoms with Crippen LogP contribution < -0.4 is 15.0 Å². The number of halogens is 1. The van der Waals surface area contributed by atoms with Crippen LogP contribution in [0.4, 0.5) is 5.69 Å². The number of nitrogens with one attached hydrogen (secondary N) is 1. The predicted molar refractivity (Wildman–Crippen MR) is 129 cm³/mol. The Morgan fingerprint density at radius 1 is 1.31 bits per heavy atom. The van der Waals surface area contributed by atoms with Crippen molar-refractivity contribution in [2.45, 2.75) is 71.6 Å². The summed E-state index contributed by atoms with van der Waals surface area (Å²) in [5, 5.41) is 3.51. The molecule has 1 atom stereocenters. The van der Waals surface area contributed by atoms with Gasteiger partial charge in [-0.1, -0.05) is 18.5 Å². The maximum absolute atomic E-state index is 13.6. The van der Waals surface area contributed by atoms with Gasteiger partial charge >= 0.3 is 0 Å². The summed E-state index contributed by atoms with van der Waals surface area (Å²) in [5.41, 5.74) is -0.0315. The van der Waals surface area contributed by atoms with Crippen LogP contribution in [0.5, 0.6) is 5.75 Å². The van der Waals surface area contributed by atoms with Crippen LogP contribution in [0.15, 0.2) is 12.1 Å². The number of ether oxygens (including phenoxy) is 2. The molecule has 0 unspecified atom stereocenters. The first kappa shape index (κ1) is 26.4. The minimum absolute atomic E-state index is 0.0116. The number of fused-ring (bicyclic) bond motifs is 1. The lowest BCUT2D eigenvalue weighted by Crippen LogP contribution is -2.53. The number of carbonyl (C=O) groups is 2. The molecule has 1 heterocycles. The molecule has 1 N–H and O–H groups in total. The first-order chi connectivity index (χ1) is 15.1. The molecule has 2 amide bonds. The largest absolute Gasteiger partial charge is 0.474 e. The molecule has 0 saturated heterocycles. The van der Waals surface area contributed by atoms with E-state index in [1.54, 1.807) is 38.0 Å². The quantitative estimate of drug-likeness (QED) is 0.496. The summed E-state index contributed by atoms with van der Waals surface area (Å²) in [6, 6.07) is 3.45. The Morgan fingerprint density at radius 2 is 2.00 bits per heavy atom. The van der Waals surface area contributed by atoms with Crippen LogP contribution in [0, 0.1) is 0 Å². The SMILES string of the molecule is CC[C@H](CNC)N(C(=O)c1cc(Cl)c2c(c1)N(CCCCOC)C(=O)C(C)(C)O2)C(C)C. The average molecular weight is 468 g/mol. The van der Waals surface area contributed by atoms with Gasteiger partial charge in [-0.3, -0.25) is 9.59 Å². The van der Waals surface area contributed by atoms with Gasteiger partial charge in [0.05, 0.1) is 10.7 Å². The van der Waals surface area contributed by atoms with Crippen LogP contribution in [0.25, 0.3) is 0 Å². The van der Waals surface area contributed by atoms with Crippen LogP contribution in [-0.2, 0) is 9.53 Å². The van der Waals surface area contributed by atoms with Crippen molar-refractivity contribution in [2.75, 3.05) is 38.8 Å². The summed E-state index contributed by atoms with van der Waals surface area (Å²) >= 11 is 6.61. The highest BCUT2D eigenvalue weighted by atomic mass is 35.5. The van der Waals surface area contributed by atoms with E-state index < -0.39 is 5.60 Å². The van der Waals surface area contributed by atoms with Gasteiger partial charge < -0.3 is 24.6 Å². The van der Waals surface area contributed by atoms with Gasteiger partial charge in [0.1, 0.15) is 0 Å². The number of hydrogen-bond acceptors (Lipinski definition) is 5. The fraction of sp³-hybridized carbons (Fsp3) is 0.667. The summed E-state index contributed by atoms with van der Waals surface area (Å²) in [7, 11) is 3.54. The van der Waals surface area contributed by atoms with Crippen LogP contribution in [-0.4, -0.2) is 68.3 Å². The number of nitrogens with zero attached hydrogens (tertiary/aromatic N) is 2. The molecule has 0 bridgehead atoms. The van der Waals surface area contributed by atoms with E-state index in [0.717, 1.165) is 19.3 Å². The van der Waals surface area contributed by atoms with Gasteiger partial charge in [0.25, 0.3) is 11.8 Å². The maximum Gasteiger partial charge on any atom is 0.270 e. The summed E-state index contributed by atoms with van der Waals surface area (Å²) in [6.45, 7) is 11.4. The Balaban J connectivity index is 2.48. The van der Waals surface area contributed by atoms with Gasteiger partial charge in [-0.05, 0) is 66.1 Å². The number of hydrogen-bond donors (Lipinski definition) is 1. The number of unbranched alkanes of at least 4 members (excludes halogenated alkanes) is 1. The lowest BCUT2D eigenvalue weighted by atomic mass is 10.0. The van der Waals surface area contributed by atoms with E-state index in [1.807, 2.05) is 25.8 Å². The standard InChI is InChI=1S/C24H38ClN3O4/c1-8-18(15-26-6)28(16(2)3)22(29)17-13-19(25)21-20(14-17)27(11-9-10-12-31-7)23(30)24(4,5)32-21/h13-14,16,18,26H,8-12,15H2,1-7H3/t18-/m1/s1. The second-order valence-electron chi connectivity index (χ2n) is 9.00. The minimum atomic E-state index is -1.03. The van der Waals surface area contributed by atoms with Crippen molar-refractivity contribution in [1.82, 2.24) is 10.2 Å². The Morgan fingerprint density at radius 3 is 2.56 bits per heavy atom. The number of likely N-dealkylation sites (N-methyl/N-ethyl adjacent to an activating group) is 1. The monoisotopic (exact) mass is 467 g/mol. The minimum Gasteiger partial charge on any atom is -0.474 e. The highest BCUT2D eigenvalue weighted by Gasteiger charge is 2.42. The van der Waals surface area contributed by atoms with E-state index in [4.69, 9.17) is 21.1 Å². The van der Waals surface area contributed by atoms with E-state index in [-0.39, 0.29) is 23.9 Å². The molecule has 1 aliphatic heterocycles. The molecule has 180 valence electrons. The molecule has 7 nitrogen and oxygen atoms in total. The first-order valence-corrected chi connectivity index (χ1v) is 11.8. The molecular formula is C24H38ClN3O4. The summed E-state index contributed by atoms with van der Waals surface area (Å²) < 4.78 is 11.1. The van der Waals surface area contributed by atoms with Crippen LogP contribution in [0.3, 0.4) is 0 Å². The second-order valence-corrected chi connectivity index (χ2v) is 9.41. The van der Waals surface area contributed by atoms with Gasteiger partial charge in [0.2, 0.25) is 0 Å². The van der Waals surface area contributed by atoms with Gasteiger partial charge in [-0.25, -0.2) is 0 Å². The average Bonchev–Trinajstić information content (AvgIpc) is 2.73. The molecule has 0 fully saturated rings. The molecule has 0 aliphatic carbocycles. The van der Waals surface area contributed by atoms with Crippen molar-refractivity contribution in [3.63, 3.8) is 0 Å². The smallest absolute Gasteiger partial charge is 0.270 e. The van der Waals surface area contributed by atoms with E-state index >= 15 is 0 Å². The van der Waals surface area contributed by atoms with Crippen molar-refractivity contribution in [3.8, 4) is 5.75 Å². The molecule has 1 aliphatic rings. The zero-order chi connectivity index (χ0) is 24.1. The van der Waals surface area contributed by atoms with Crippen LogP contribution >= 0.6 is 11.6 Å². The number of anilines is 1. The fourth-order valence-electron chi connectivity index (χ4n) is 4.12. The van der Waals surface area contributed by atoms with Crippen molar-refractivity contribution in [2.24, 2.45) is 0 Å². The molecule has 32 heavy (non-hydrogen) atoms. The number of rotatable bonds is 11. The van der Waals surface area contributed by atoms with Crippen LogP contribution in [0.1, 0.15) is 64.2 Å². The molecule has 1 aromatic rings. The van der Waals surface area contributed by atoms with E-state index in [2.05, 4.69) is 12.2 Å². The van der Waals surface area contributed by atoms with Crippen LogP contribution in [0.2, 0.25) is 5.02 Å². The predicted octanol–water partition coefficient (Wildman–Crippen LogP) is 4.12. The third-order valence-corrected chi connectivity index (χ3v) is 6.04. The zero-order valence-electron chi connectivity index (χ0n) is 20.5. The van der Waals surface area contributed by atoms with Crippen molar-refractivity contribution in [1.29, 1.82) is 0 Å². The maximum atomic E-state index is 13.6. The van der Waals surface area contributed by atoms with Crippen molar-refractivity contribution in [3.05, 3.63) is 22.7 Å². The number of amides is 2. The molecule has 0 saturated carbocycles. The third-order valence-electron chi connectivity index (χ3n) is 5.75. The Kier molecular flexibility index (Phi) is 9.37.